The van der Waals surface area contributed by atoms with Crippen LogP contribution in [-0.4, -0.2) is 29.9 Å². The van der Waals surface area contributed by atoms with Crippen LogP contribution in [-0.2, 0) is 9.59 Å². The highest BCUT2D eigenvalue weighted by atomic mass is 16.4. The van der Waals surface area contributed by atoms with Crippen molar-refractivity contribution in [3.8, 4) is 0 Å². The molecule has 0 saturated carbocycles. The fraction of sp³-hybridized carbons (Fsp3) is 0.778. The predicted molar refractivity (Wildman–Crippen MR) is 49.6 cm³/mol. The first kappa shape index (κ1) is 12.1. The number of aliphatic carboxylic acids is 1. The van der Waals surface area contributed by atoms with Crippen molar-refractivity contribution >= 4 is 12.3 Å². The van der Waals surface area contributed by atoms with Crippen LogP contribution in [0, 0.1) is 5.92 Å². The summed E-state index contributed by atoms with van der Waals surface area (Å²) in [5, 5.41) is 11.5. The highest BCUT2D eigenvalue weighted by Gasteiger charge is 2.15. The SMILES string of the molecule is CC(C)CCNC(CC=O)C(=O)O. The third-order valence-electron chi connectivity index (χ3n) is 1.74. The van der Waals surface area contributed by atoms with Gasteiger partial charge in [-0.1, -0.05) is 13.8 Å². The zero-order valence-corrected chi connectivity index (χ0v) is 8.12. The molecule has 0 aromatic rings. The third-order valence-corrected chi connectivity index (χ3v) is 1.74. The summed E-state index contributed by atoms with van der Waals surface area (Å²) >= 11 is 0. The molecule has 0 fully saturated rings. The van der Waals surface area contributed by atoms with Crippen LogP contribution in [0.3, 0.4) is 0 Å². The molecule has 1 unspecified atom stereocenters. The molecule has 2 N–H and O–H groups in total. The van der Waals surface area contributed by atoms with E-state index in [9.17, 15) is 9.59 Å². The molecule has 0 aromatic carbocycles. The largest absolute Gasteiger partial charge is 0.480 e. The van der Waals surface area contributed by atoms with E-state index in [1.165, 1.54) is 0 Å². The molecule has 13 heavy (non-hydrogen) atoms. The lowest BCUT2D eigenvalue weighted by Crippen LogP contribution is -2.37. The van der Waals surface area contributed by atoms with Crippen LogP contribution in [0.2, 0.25) is 0 Å². The van der Waals surface area contributed by atoms with E-state index >= 15 is 0 Å². The quantitative estimate of drug-likeness (QED) is 0.575. The van der Waals surface area contributed by atoms with Crippen LogP contribution >= 0.6 is 0 Å². The summed E-state index contributed by atoms with van der Waals surface area (Å²) in [6, 6.07) is -0.726. The van der Waals surface area contributed by atoms with Gasteiger partial charge in [0.1, 0.15) is 12.3 Å². The topological polar surface area (TPSA) is 66.4 Å². The van der Waals surface area contributed by atoms with Gasteiger partial charge in [-0.3, -0.25) is 4.79 Å². The Morgan fingerprint density at radius 2 is 2.15 bits per heavy atom. The third kappa shape index (κ3) is 6.28. The first-order chi connectivity index (χ1) is 6.07. The second-order valence-electron chi connectivity index (χ2n) is 3.43. The van der Waals surface area contributed by atoms with E-state index in [0.29, 0.717) is 18.7 Å². The summed E-state index contributed by atoms with van der Waals surface area (Å²) in [5.41, 5.74) is 0. The molecule has 0 radical (unpaired) electrons. The predicted octanol–water partition coefficient (Wildman–Crippen LogP) is 0.664. The number of nitrogens with one attached hydrogen (secondary N) is 1. The molecule has 4 heteroatoms. The number of rotatable bonds is 7. The van der Waals surface area contributed by atoms with Gasteiger partial charge in [0.05, 0.1) is 0 Å². The van der Waals surface area contributed by atoms with Gasteiger partial charge in [0, 0.05) is 6.42 Å². The smallest absolute Gasteiger partial charge is 0.321 e. The second-order valence-corrected chi connectivity index (χ2v) is 3.43. The number of hydrogen-bond acceptors (Lipinski definition) is 3. The first-order valence-electron chi connectivity index (χ1n) is 4.47. The minimum Gasteiger partial charge on any atom is -0.480 e. The van der Waals surface area contributed by atoms with E-state index in [-0.39, 0.29) is 6.42 Å². The Hall–Kier alpha value is -0.900. The van der Waals surface area contributed by atoms with Gasteiger partial charge in [0.15, 0.2) is 0 Å². The van der Waals surface area contributed by atoms with Crippen molar-refractivity contribution in [2.24, 2.45) is 5.92 Å². The minimum absolute atomic E-state index is 0.0351. The molecule has 0 bridgehead atoms. The maximum atomic E-state index is 10.5. The molecule has 0 spiro atoms. The minimum atomic E-state index is -0.962. The lowest BCUT2D eigenvalue weighted by Gasteiger charge is -2.12. The first-order valence-corrected chi connectivity index (χ1v) is 4.47. The van der Waals surface area contributed by atoms with Crippen LogP contribution < -0.4 is 5.32 Å². The van der Waals surface area contributed by atoms with E-state index in [2.05, 4.69) is 19.2 Å². The molecule has 0 aliphatic heterocycles. The summed E-state index contributed by atoms with van der Waals surface area (Å²) < 4.78 is 0. The maximum Gasteiger partial charge on any atom is 0.321 e. The fourth-order valence-electron chi connectivity index (χ4n) is 0.914. The maximum absolute atomic E-state index is 10.5. The normalized spacial score (nSPS) is 12.8. The highest BCUT2D eigenvalue weighted by molar-refractivity contribution is 5.76. The van der Waals surface area contributed by atoms with Gasteiger partial charge >= 0.3 is 5.97 Å². The van der Waals surface area contributed by atoms with Crippen molar-refractivity contribution < 1.29 is 14.7 Å². The number of carboxylic acids is 1. The van der Waals surface area contributed by atoms with Crippen molar-refractivity contribution in [3.63, 3.8) is 0 Å². The summed E-state index contributed by atoms with van der Waals surface area (Å²) in [6.45, 7) is 4.77. The van der Waals surface area contributed by atoms with E-state index in [4.69, 9.17) is 5.11 Å². The van der Waals surface area contributed by atoms with Gasteiger partial charge in [-0.25, -0.2) is 0 Å². The molecule has 76 valence electrons. The van der Waals surface area contributed by atoms with Crippen LogP contribution in [0.15, 0.2) is 0 Å². The summed E-state index contributed by atoms with van der Waals surface area (Å²) in [5.74, 6) is -0.422. The Balaban J connectivity index is 3.69. The van der Waals surface area contributed by atoms with Crippen molar-refractivity contribution in [1.82, 2.24) is 5.32 Å². The van der Waals surface area contributed by atoms with Crippen LogP contribution in [0.25, 0.3) is 0 Å². The monoisotopic (exact) mass is 187 g/mol. The average molecular weight is 187 g/mol. The Kier molecular flexibility index (Phi) is 6.14. The van der Waals surface area contributed by atoms with E-state index < -0.39 is 12.0 Å². The van der Waals surface area contributed by atoms with E-state index in [0.717, 1.165) is 6.42 Å². The molecule has 0 aromatic heterocycles. The Labute approximate surface area is 78.3 Å². The Morgan fingerprint density at radius 3 is 2.54 bits per heavy atom. The fourth-order valence-corrected chi connectivity index (χ4v) is 0.914. The van der Waals surface area contributed by atoms with Gasteiger partial charge in [-0.15, -0.1) is 0 Å². The summed E-state index contributed by atoms with van der Waals surface area (Å²) in [6.07, 6.45) is 1.58. The van der Waals surface area contributed by atoms with Crippen LogP contribution in [0.1, 0.15) is 26.7 Å². The molecule has 0 saturated heterocycles. The zero-order chi connectivity index (χ0) is 10.3. The van der Waals surface area contributed by atoms with Crippen molar-refractivity contribution in [2.45, 2.75) is 32.7 Å². The van der Waals surface area contributed by atoms with Gasteiger partial charge in [0.25, 0.3) is 0 Å². The molecular weight excluding hydrogens is 170 g/mol. The number of carbonyl (C=O) groups is 2. The number of hydrogen-bond donors (Lipinski definition) is 2. The van der Waals surface area contributed by atoms with Gasteiger partial charge in [0.2, 0.25) is 0 Å². The van der Waals surface area contributed by atoms with E-state index in [1.54, 1.807) is 0 Å². The van der Waals surface area contributed by atoms with Crippen LogP contribution in [0.5, 0.6) is 0 Å². The summed E-state index contributed by atoms with van der Waals surface area (Å²) in [7, 11) is 0. The molecule has 0 heterocycles. The van der Waals surface area contributed by atoms with Gasteiger partial charge in [-0.2, -0.15) is 0 Å². The Bertz CT molecular complexity index is 168. The standard InChI is InChI=1S/C9H17NO3/c1-7(2)3-5-10-8(4-6-11)9(12)13/h6-8,10H,3-5H2,1-2H3,(H,12,13). The number of carbonyl (C=O) groups excluding carboxylic acids is 1. The van der Waals surface area contributed by atoms with Gasteiger partial charge in [-0.05, 0) is 18.9 Å². The lowest BCUT2D eigenvalue weighted by atomic mass is 10.1. The molecule has 0 aliphatic rings. The van der Waals surface area contributed by atoms with Crippen LogP contribution in [0.4, 0.5) is 0 Å². The summed E-state index contributed by atoms with van der Waals surface area (Å²) in [4.78, 5) is 20.7. The average Bonchev–Trinajstić information content (AvgIpc) is 2.02. The second kappa shape index (κ2) is 6.60. The molecule has 4 nitrogen and oxygen atoms in total. The molecule has 0 amide bonds. The van der Waals surface area contributed by atoms with Crippen molar-refractivity contribution in [1.29, 1.82) is 0 Å². The Morgan fingerprint density at radius 1 is 1.54 bits per heavy atom. The van der Waals surface area contributed by atoms with Gasteiger partial charge < -0.3 is 15.2 Å². The molecule has 1 atom stereocenters. The zero-order valence-electron chi connectivity index (χ0n) is 8.12. The molecule has 0 rings (SSSR count). The number of aldehydes is 1. The van der Waals surface area contributed by atoms with Crippen molar-refractivity contribution in [2.75, 3.05) is 6.54 Å². The highest BCUT2D eigenvalue weighted by Crippen LogP contribution is 1.98. The molecular formula is C9H17NO3. The van der Waals surface area contributed by atoms with E-state index in [1.807, 2.05) is 0 Å². The van der Waals surface area contributed by atoms with Crippen molar-refractivity contribution in [3.05, 3.63) is 0 Å². The number of carboxylic acid groups (broad SMARTS) is 1. The lowest BCUT2D eigenvalue weighted by molar-refractivity contribution is -0.140. The molecule has 0 aliphatic carbocycles.